The molecule has 0 bridgehead atoms. The number of nitrogens with one attached hydrogen (secondary N) is 1. The van der Waals surface area contributed by atoms with Crippen molar-refractivity contribution < 1.29 is 9.90 Å². The zero-order chi connectivity index (χ0) is 11.4. The zero-order valence-corrected chi connectivity index (χ0v) is 10.3. The van der Waals surface area contributed by atoms with Gasteiger partial charge in [0.15, 0.2) is 0 Å². The van der Waals surface area contributed by atoms with Gasteiger partial charge in [0.2, 0.25) is 0 Å². The van der Waals surface area contributed by atoms with E-state index in [-0.39, 0.29) is 5.92 Å². The normalized spacial score (nSPS) is 14.6. The first-order chi connectivity index (χ1) is 7.06. The molecule has 0 aliphatic carbocycles. The molecule has 0 aliphatic heterocycles. The summed E-state index contributed by atoms with van der Waals surface area (Å²) in [4.78, 5) is 11.0. The molecule has 0 spiro atoms. The van der Waals surface area contributed by atoms with Crippen molar-refractivity contribution in [3.63, 3.8) is 0 Å². The highest BCUT2D eigenvalue weighted by Gasteiger charge is 2.23. The van der Waals surface area contributed by atoms with Crippen molar-refractivity contribution in [2.75, 3.05) is 7.05 Å². The summed E-state index contributed by atoms with van der Waals surface area (Å²) in [7, 11) is 1.66. The molecule has 1 aromatic rings. The number of benzene rings is 1. The second-order valence-corrected chi connectivity index (χ2v) is 4.36. The molecule has 0 saturated heterocycles. The summed E-state index contributed by atoms with van der Waals surface area (Å²) in [5, 5.41) is 11.8. The van der Waals surface area contributed by atoms with Crippen LogP contribution in [-0.4, -0.2) is 24.2 Å². The van der Waals surface area contributed by atoms with Crippen molar-refractivity contribution in [3.8, 4) is 0 Å². The zero-order valence-electron chi connectivity index (χ0n) is 8.70. The van der Waals surface area contributed by atoms with Gasteiger partial charge in [0, 0.05) is 10.4 Å². The summed E-state index contributed by atoms with van der Waals surface area (Å²) in [5.41, 5.74) is 1.01. The molecule has 2 atom stereocenters. The maximum Gasteiger partial charge on any atom is 0.321 e. The summed E-state index contributed by atoms with van der Waals surface area (Å²) in [5.74, 6) is -0.894. The Morgan fingerprint density at radius 2 is 2.20 bits per heavy atom. The van der Waals surface area contributed by atoms with E-state index in [1.54, 1.807) is 7.05 Å². The predicted molar refractivity (Wildman–Crippen MR) is 63.0 cm³/mol. The molecule has 3 nitrogen and oxygen atoms in total. The van der Waals surface area contributed by atoms with E-state index in [4.69, 9.17) is 5.11 Å². The van der Waals surface area contributed by atoms with Gasteiger partial charge in [-0.2, -0.15) is 0 Å². The Hall–Kier alpha value is -0.870. The van der Waals surface area contributed by atoms with Crippen LogP contribution < -0.4 is 5.32 Å². The first-order valence-electron chi connectivity index (χ1n) is 4.71. The maximum absolute atomic E-state index is 11.0. The lowest BCUT2D eigenvalue weighted by Crippen LogP contribution is -2.38. The SMILES string of the molecule is CNC(C(=O)O)C(C)c1cccc(Br)c1. The summed E-state index contributed by atoms with van der Waals surface area (Å²) >= 11 is 3.37. The van der Waals surface area contributed by atoms with Gasteiger partial charge in [0.1, 0.15) is 6.04 Å². The summed E-state index contributed by atoms with van der Waals surface area (Å²) in [6, 6.07) is 7.15. The third kappa shape index (κ3) is 3.04. The van der Waals surface area contributed by atoms with Gasteiger partial charge in [-0.25, -0.2) is 0 Å². The molecule has 0 radical (unpaired) electrons. The van der Waals surface area contributed by atoms with Gasteiger partial charge in [-0.1, -0.05) is 35.0 Å². The molecule has 2 unspecified atom stereocenters. The highest BCUT2D eigenvalue weighted by molar-refractivity contribution is 9.10. The lowest BCUT2D eigenvalue weighted by atomic mass is 9.93. The quantitative estimate of drug-likeness (QED) is 0.883. The van der Waals surface area contributed by atoms with Gasteiger partial charge in [0.05, 0.1) is 0 Å². The molecule has 1 aromatic carbocycles. The van der Waals surface area contributed by atoms with Gasteiger partial charge < -0.3 is 10.4 Å². The number of likely N-dealkylation sites (N-methyl/N-ethyl adjacent to an activating group) is 1. The third-order valence-corrected chi connectivity index (χ3v) is 2.94. The third-order valence-electron chi connectivity index (χ3n) is 2.45. The van der Waals surface area contributed by atoms with E-state index < -0.39 is 12.0 Å². The number of carbonyl (C=O) groups is 1. The minimum absolute atomic E-state index is 0.0648. The number of carboxylic acids is 1. The lowest BCUT2D eigenvalue weighted by Gasteiger charge is -2.19. The monoisotopic (exact) mass is 271 g/mol. The number of rotatable bonds is 4. The molecule has 0 aliphatic rings. The van der Waals surface area contributed by atoms with Crippen LogP contribution in [0.1, 0.15) is 18.4 Å². The molecule has 2 N–H and O–H groups in total. The minimum Gasteiger partial charge on any atom is -0.480 e. The van der Waals surface area contributed by atoms with Gasteiger partial charge >= 0.3 is 5.97 Å². The van der Waals surface area contributed by atoms with Crippen LogP contribution >= 0.6 is 15.9 Å². The molecule has 82 valence electrons. The fourth-order valence-corrected chi connectivity index (χ4v) is 1.99. The first-order valence-corrected chi connectivity index (χ1v) is 5.51. The van der Waals surface area contributed by atoms with E-state index in [1.165, 1.54) is 0 Å². The van der Waals surface area contributed by atoms with Crippen LogP contribution in [-0.2, 0) is 4.79 Å². The molecular formula is C11H14BrNO2. The predicted octanol–water partition coefficient (Wildman–Crippen LogP) is 2.23. The topological polar surface area (TPSA) is 49.3 Å². The van der Waals surface area contributed by atoms with Crippen molar-refractivity contribution in [1.29, 1.82) is 0 Å². The summed E-state index contributed by atoms with van der Waals surface area (Å²) in [6.07, 6.45) is 0. The average Bonchev–Trinajstić information content (AvgIpc) is 2.18. The van der Waals surface area contributed by atoms with Crippen molar-refractivity contribution in [2.45, 2.75) is 18.9 Å². The van der Waals surface area contributed by atoms with Crippen molar-refractivity contribution in [3.05, 3.63) is 34.3 Å². The number of halogens is 1. The van der Waals surface area contributed by atoms with E-state index in [0.29, 0.717) is 0 Å². The molecule has 1 rings (SSSR count). The van der Waals surface area contributed by atoms with Crippen molar-refractivity contribution in [1.82, 2.24) is 5.32 Å². The Morgan fingerprint density at radius 1 is 1.53 bits per heavy atom. The first kappa shape index (κ1) is 12.2. The molecule has 0 aromatic heterocycles. The number of hydrogen-bond acceptors (Lipinski definition) is 2. The molecule has 0 heterocycles. The van der Waals surface area contributed by atoms with Crippen LogP contribution in [0.2, 0.25) is 0 Å². The van der Waals surface area contributed by atoms with Gasteiger partial charge in [-0.05, 0) is 24.7 Å². The molecule has 0 amide bonds. The van der Waals surface area contributed by atoms with Crippen LogP contribution in [0.3, 0.4) is 0 Å². The van der Waals surface area contributed by atoms with Gasteiger partial charge in [-0.15, -0.1) is 0 Å². The minimum atomic E-state index is -0.829. The molecule has 0 saturated carbocycles. The Morgan fingerprint density at radius 3 is 2.67 bits per heavy atom. The number of aliphatic carboxylic acids is 1. The van der Waals surface area contributed by atoms with Crippen molar-refractivity contribution in [2.24, 2.45) is 0 Å². The Bertz CT molecular complexity index is 354. The van der Waals surface area contributed by atoms with Crippen LogP contribution in [0, 0.1) is 0 Å². The molecule has 15 heavy (non-hydrogen) atoms. The fourth-order valence-electron chi connectivity index (χ4n) is 1.57. The number of carboxylic acid groups (broad SMARTS) is 1. The van der Waals surface area contributed by atoms with E-state index in [0.717, 1.165) is 10.0 Å². The average molecular weight is 272 g/mol. The number of hydrogen-bond donors (Lipinski definition) is 2. The second kappa shape index (κ2) is 5.28. The van der Waals surface area contributed by atoms with Gasteiger partial charge in [-0.3, -0.25) is 4.79 Å². The van der Waals surface area contributed by atoms with E-state index in [9.17, 15) is 4.79 Å². The lowest BCUT2D eigenvalue weighted by molar-refractivity contribution is -0.139. The van der Waals surface area contributed by atoms with E-state index >= 15 is 0 Å². The molecule has 4 heteroatoms. The fraction of sp³-hybridized carbons (Fsp3) is 0.364. The molecule has 0 fully saturated rings. The summed E-state index contributed by atoms with van der Waals surface area (Å²) in [6.45, 7) is 1.90. The largest absolute Gasteiger partial charge is 0.480 e. The highest BCUT2D eigenvalue weighted by atomic mass is 79.9. The van der Waals surface area contributed by atoms with Crippen LogP contribution in [0.5, 0.6) is 0 Å². The smallest absolute Gasteiger partial charge is 0.321 e. The Balaban J connectivity index is 2.92. The van der Waals surface area contributed by atoms with Crippen LogP contribution in [0.15, 0.2) is 28.7 Å². The van der Waals surface area contributed by atoms with Crippen LogP contribution in [0.25, 0.3) is 0 Å². The van der Waals surface area contributed by atoms with Crippen molar-refractivity contribution >= 4 is 21.9 Å². The maximum atomic E-state index is 11.0. The second-order valence-electron chi connectivity index (χ2n) is 3.45. The standard InChI is InChI=1S/C11H14BrNO2/c1-7(10(13-2)11(14)15)8-4-3-5-9(12)6-8/h3-7,10,13H,1-2H3,(H,14,15). The summed E-state index contributed by atoms with van der Waals surface area (Å²) < 4.78 is 0.965. The van der Waals surface area contributed by atoms with Gasteiger partial charge in [0.25, 0.3) is 0 Å². The molecular weight excluding hydrogens is 258 g/mol. The Labute approximate surface area is 97.6 Å². The Kier molecular flexibility index (Phi) is 4.29. The highest BCUT2D eigenvalue weighted by Crippen LogP contribution is 2.22. The van der Waals surface area contributed by atoms with Crippen LogP contribution in [0.4, 0.5) is 0 Å². The van der Waals surface area contributed by atoms with E-state index in [2.05, 4.69) is 21.2 Å². The van der Waals surface area contributed by atoms with E-state index in [1.807, 2.05) is 31.2 Å².